The van der Waals surface area contributed by atoms with Gasteiger partial charge in [-0.2, -0.15) is 0 Å². The van der Waals surface area contributed by atoms with E-state index in [9.17, 15) is 4.79 Å². The summed E-state index contributed by atoms with van der Waals surface area (Å²) in [4.78, 5) is 18.9. The molecule has 18 heavy (non-hydrogen) atoms. The zero-order chi connectivity index (χ0) is 12.7. The number of carbonyl (C=O) groups excluding carboxylic acids is 1. The molecule has 4 heterocycles. The summed E-state index contributed by atoms with van der Waals surface area (Å²) in [6, 6.07) is 0.756. The van der Waals surface area contributed by atoms with E-state index in [-0.39, 0.29) is 5.91 Å². The Kier molecular flexibility index (Phi) is 3.11. The molecule has 1 N–H and O–H groups in total. The number of carbonyl (C=O) groups is 1. The fraction of sp³-hybridized carbons (Fsp3) is 0.692. The molecule has 1 aromatic heterocycles. The first-order chi connectivity index (χ1) is 8.65. The van der Waals surface area contributed by atoms with Gasteiger partial charge in [0.25, 0.3) is 5.91 Å². The zero-order valence-corrected chi connectivity index (χ0v) is 11.7. The van der Waals surface area contributed by atoms with Crippen LogP contribution in [0.15, 0.2) is 5.38 Å². The van der Waals surface area contributed by atoms with Crippen molar-refractivity contribution in [3.05, 3.63) is 16.1 Å². The Hall–Kier alpha value is -0.940. The van der Waals surface area contributed by atoms with E-state index in [0.29, 0.717) is 23.0 Å². The number of nitrogens with zero attached hydrogens (tertiary/aromatic N) is 2. The van der Waals surface area contributed by atoms with E-state index in [2.05, 4.69) is 22.1 Å². The Labute approximate surface area is 111 Å². The molecule has 0 radical (unpaired) electrons. The number of piperidine rings is 3. The van der Waals surface area contributed by atoms with Gasteiger partial charge in [0.2, 0.25) is 0 Å². The average molecular weight is 265 g/mol. The Morgan fingerprint density at radius 3 is 2.78 bits per heavy atom. The Bertz CT molecular complexity index is 449. The summed E-state index contributed by atoms with van der Waals surface area (Å²) in [5, 5.41) is 5.72. The molecule has 0 spiro atoms. The number of hydrogen-bond acceptors (Lipinski definition) is 4. The number of rotatable bonds is 2. The lowest BCUT2D eigenvalue weighted by atomic mass is 9.79. The van der Waals surface area contributed by atoms with E-state index in [1.54, 1.807) is 0 Å². The van der Waals surface area contributed by atoms with Crippen molar-refractivity contribution in [1.29, 1.82) is 0 Å². The number of thiazole rings is 1. The van der Waals surface area contributed by atoms with Gasteiger partial charge in [0.1, 0.15) is 0 Å². The number of nitrogens with one attached hydrogen (secondary N) is 1. The van der Waals surface area contributed by atoms with E-state index < -0.39 is 0 Å². The highest BCUT2D eigenvalue weighted by molar-refractivity contribution is 7.11. The van der Waals surface area contributed by atoms with Crippen LogP contribution in [0.3, 0.4) is 0 Å². The number of aryl methyl sites for hydroxylation is 1. The van der Waals surface area contributed by atoms with Gasteiger partial charge >= 0.3 is 0 Å². The van der Waals surface area contributed by atoms with Gasteiger partial charge in [-0.25, -0.2) is 4.98 Å². The molecule has 4 nitrogen and oxygen atoms in total. The van der Waals surface area contributed by atoms with Crippen molar-refractivity contribution < 1.29 is 4.79 Å². The molecule has 98 valence electrons. The van der Waals surface area contributed by atoms with Crippen LogP contribution in [0.1, 0.15) is 35.3 Å². The molecule has 3 saturated heterocycles. The summed E-state index contributed by atoms with van der Waals surface area (Å²) in [6.07, 6.45) is 2.43. The topological polar surface area (TPSA) is 45.2 Å². The highest BCUT2D eigenvalue weighted by Crippen LogP contribution is 2.32. The number of aromatic nitrogens is 1. The van der Waals surface area contributed by atoms with Crippen LogP contribution in [0.2, 0.25) is 0 Å². The molecule has 0 aliphatic carbocycles. The molecule has 5 heteroatoms. The summed E-state index contributed by atoms with van der Waals surface area (Å²) in [7, 11) is 0. The minimum Gasteiger partial charge on any atom is -0.345 e. The fourth-order valence-electron chi connectivity index (χ4n) is 3.22. The zero-order valence-electron chi connectivity index (χ0n) is 10.8. The SMILES string of the molecule is Cc1csc(C(=O)N[C@@H]2C3CCN(CC3)[C@H]2C)n1. The first kappa shape index (κ1) is 12.1. The van der Waals surface area contributed by atoms with Gasteiger partial charge in [0.05, 0.1) is 0 Å². The van der Waals surface area contributed by atoms with Gasteiger partial charge in [-0.1, -0.05) is 0 Å². The monoisotopic (exact) mass is 265 g/mol. The maximum absolute atomic E-state index is 12.2. The largest absolute Gasteiger partial charge is 0.345 e. The van der Waals surface area contributed by atoms with Crippen LogP contribution in [-0.4, -0.2) is 41.0 Å². The molecule has 3 fully saturated rings. The first-order valence-corrected chi connectivity index (χ1v) is 7.50. The van der Waals surface area contributed by atoms with Gasteiger partial charge in [-0.05, 0) is 45.7 Å². The normalized spacial score (nSPS) is 34.6. The molecule has 3 aliphatic rings. The molecule has 0 unspecified atom stereocenters. The highest BCUT2D eigenvalue weighted by Gasteiger charge is 2.40. The van der Waals surface area contributed by atoms with Gasteiger partial charge in [-0.3, -0.25) is 9.69 Å². The Morgan fingerprint density at radius 2 is 2.22 bits per heavy atom. The highest BCUT2D eigenvalue weighted by atomic mass is 32.1. The lowest BCUT2D eigenvalue weighted by molar-refractivity contribution is 0.0217. The number of hydrogen-bond donors (Lipinski definition) is 1. The third-order valence-electron chi connectivity index (χ3n) is 4.29. The summed E-state index contributed by atoms with van der Waals surface area (Å²) in [5.74, 6) is 0.647. The maximum Gasteiger partial charge on any atom is 0.280 e. The van der Waals surface area contributed by atoms with Crippen molar-refractivity contribution in [2.75, 3.05) is 13.1 Å². The van der Waals surface area contributed by atoms with Crippen molar-refractivity contribution in [3.63, 3.8) is 0 Å². The quantitative estimate of drug-likeness (QED) is 0.884. The lowest BCUT2D eigenvalue weighted by Crippen LogP contribution is -2.62. The molecule has 2 bridgehead atoms. The molecule has 1 amide bonds. The third-order valence-corrected chi connectivity index (χ3v) is 5.25. The second-order valence-corrected chi connectivity index (χ2v) is 6.27. The van der Waals surface area contributed by atoms with Gasteiger partial charge in [0.15, 0.2) is 5.01 Å². The van der Waals surface area contributed by atoms with Crippen molar-refractivity contribution in [1.82, 2.24) is 15.2 Å². The first-order valence-electron chi connectivity index (χ1n) is 6.62. The number of fused-ring (bicyclic) bond motifs is 3. The molecule has 2 atom stereocenters. The average Bonchev–Trinajstić information content (AvgIpc) is 2.81. The fourth-order valence-corrected chi connectivity index (χ4v) is 3.91. The minimum atomic E-state index is -0.00120. The maximum atomic E-state index is 12.2. The summed E-state index contributed by atoms with van der Waals surface area (Å²) >= 11 is 1.43. The lowest BCUT2D eigenvalue weighted by Gasteiger charge is -2.49. The van der Waals surface area contributed by atoms with Gasteiger partial charge in [0, 0.05) is 23.2 Å². The van der Waals surface area contributed by atoms with Gasteiger partial charge in [-0.15, -0.1) is 11.3 Å². The second-order valence-electron chi connectivity index (χ2n) is 5.41. The molecule has 3 aliphatic heterocycles. The van der Waals surface area contributed by atoms with Crippen molar-refractivity contribution in [2.24, 2.45) is 5.92 Å². The van der Waals surface area contributed by atoms with Crippen molar-refractivity contribution >= 4 is 17.2 Å². The van der Waals surface area contributed by atoms with Crippen LogP contribution in [0.4, 0.5) is 0 Å². The Balaban J connectivity index is 1.71. The summed E-state index contributed by atoms with van der Waals surface area (Å²) < 4.78 is 0. The second kappa shape index (κ2) is 4.63. The van der Waals surface area contributed by atoms with Crippen LogP contribution >= 0.6 is 11.3 Å². The van der Waals surface area contributed by atoms with E-state index in [1.807, 2.05) is 12.3 Å². The molecule has 1 aromatic rings. The molecular weight excluding hydrogens is 246 g/mol. The standard InChI is InChI=1S/C13H19N3OS/c1-8-7-18-13(14-8)12(17)15-11-9(2)16-5-3-10(11)4-6-16/h7,9-11H,3-6H2,1-2H3,(H,15,17)/t9-,11-/m0/s1. The summed E-state index contributed by atoms with van der Waals surface area (Å²) in [5.41, 5.74) is 0.923. The smallest absolute Gasteiger partial charge is 0.280 e. The van der Waals surface area contributed by atoms with Crippen LogP contribution < -0.4 is 5.32 Å². The van der Waals surface area contributed by atoms with Crippen molar-refractivity contribution in [2.45, 2.75) is 38.8 Å². The molecule has 4 rings (SSSR count). The van der Waals surface area contributed by atoms with Gasteiger partial charge < -0.3 is 5.32 Å². The van der Waals surface area contributed by atoms with Crippen LogP contribution in [0.5, 0.6) is 0 Å². The molecule has 0 saturated carbocycles. The van der Waals surface area contributed by atoms with Crippen LogP contribution in [0, 0.1) is 12.8 Å². The van der Waals surface area contributed by atoms with E-state index in [1.165, 1.54) is 37.3 Å². The predicted molar refractivity (Wildman–Crippen MR) is 71.9 cm³/mol. The number of amides is 1. The van der Waals surface area contributed by atoms with Crippen LogP contribution in [0.25, 0.3) is 0 Å². The predicted octanol–water partition coefficient (Wildman–Crippen LogP) is 1.66. The van der Waals surface area contributed by atoms with Crippen LogP contribution in [-0.2, 0) is 0 Å². The molecular formula is C13H19N3OS. The minimum absolute atomic E-state index is 0.00120. The molecule has 0 aromatic carbocycles. The Morgan fingerprint density at radius 1 is 1.50 bits per heavy atom. The van der Waals surface area contributed by atoms with E-state index in [4.69, 9.17) is 0 Å². The summed E-state index contributed by atoms with van der Waals surface area (Å²) in [6.45, 7) is 6.52. The van der Waals surface area contributed by atoms with Crippen molar-refractivity contribution in [3.8, 4) is 0 Å². The van der Waals surface area contributed by atoms with E-state index >= 15 is 0 Å². The van der Waals surface area contributed by atoms with E-state index in [0.717, 1.165) is 5.69 Å². The third kappa shape index (κ3) is 2.06.